The number of hydrogen-bond donors (Lipinski definition) is 0. The van der Waals surface area contributed by atoms with Crippen LogP contribution in [0, 0.1) is 5.92 Å². The lowest BCUT2D eigenvalue weighted by atomic mass is 10.0. The first-order valence-corrected chi connectivity index (χ1v) is 13.4. The molecule has 0 amide bonds. The van der Waals surface area contributed by atoms with E-state index in [9.17, 15) is 9.59 Å². The number of hydrogen-bond acceptors (Lipinski definition) is 4. The zero-order chi connectivity index (χ0) is 23.2. The lowest BCUT2D eigenvalue weighted by Crippen LogP contribution is -2.17. The van der Waals surface area contributed by atoms with Crippen molar-refractivity contribution in [1.29, 1.82) is 0 Å². The van der Waals surface area contributed by atoms with E-state index in [0.717, 1.165) is 44.9 Å². The van der Waals surface area contributed by atoms with Crippen molar-refractivity contribution in [2.45, 2.75) is 149 Å². The van der Waals surface area contributed by atoms with Crippen LogP contribution in [0.5, 0.6) is 0 Å². The molecule has 4 heteroatoms. The van der Waals surface area contributed by atoms with Crippen molar-refractivity contribution in [1.82, 2.24) is 0 Å². The highest BCUT2D eigenvalue weighted by atomic mass is 16.5. The van der Waals surface area contributed by atoms with Crippen molar-refractivity contribution >= 4 is 11.9 Å². The Hall–Kier alpha value is -1.06. The smallest absolute Gasteiger partial charge is 0.305 e. The van der Waals surface area contributed by atoms with Crippen molar-refractivity contribution in [3.8, 4) is 0 Å². The number of unbranched alkanes of at least 4 members (excludes halogenated alkanes) is 10. The Kier molecular flexibility index (Phi) is 21.4. The molecular formula is C27H52O4. The van der Waals surface area contributed by atoms with E-state index in [4.69, 9.17) is 9.47 Å². The highest BCUT2D eigenvalue weighted by molar-refractivity contribution is 5.69. The molecule has 0 heterocycles. The van der Waals surface area contributed by atoms with Crippen molar-refractivity contribution in [2.24, 2.45) is 5.92 Å². The third-order valence-electron chi connectivity index (χ3n) is 6.26. The summed E-state index contributed by atoms with van der Waals surface area (Å²) in [5.41, 5.74) is 0. The Morgan fingerprint density at radius 2 is 1.16 bits per heavy atom. The van der Waals surface area contributed by atoms with E-state index in [-0.39, 0.29) is 18.0 Å². The summed E-state index contributed by atoms with van der Waals surface area (Å²) in [6.45, 7) is 8.97. The van der Waals surface area contributed by atoms with Gasteiger partial charge in [-0.1, -0.05) is 98.3 Å². The van der Waals surface area contributed by atoms with Gasteiger partial charge in [0.1, 0.15) is 6.10 Å². The van der Waals surface area contributed by atoms with Gasteiger partial charge >= 0.3 is 11.9 Å². The minimum Gasteiger partial charge on any atom is -0.465 e. The van der Waals surface area contributed by atoms with Gasteiger partial charge in [0.25, 0.3) is 0 Å². The predicted octanol–water partition coefficient (Wildman–Crippen LogP) is 8.16. The molecule has 0 spiro atoms. The highest BCUT2D eigenvalue weighted by Crippen LogP contribution is 2.17. The lowest BCUT2D eigenvalue weighted by Gasteiger charge is -2.17. The summed E-state index contributed by atoms with van der Waals surface area (Å²) in [5.74, 6) is 0.429. The number of carbonyl (C=O) groups is 2. The minimum atomic E-state index is -0.0556. The molecule has 0 aliphatic heterocycles. The summed E-state index contributed by atoms with van der Waals surface area (Å²) in [6.07, 6.45) is 19.7. The quantitative estimate of drug-likeness (QED) is 0.126. The van der Waals surface area contributed by atoms with Gasteiger partial charge in [-0.2, -0.15) is 0 Å². The molecule has 0 unspecified atom stereocenters. The van der Waals surface area contributed by atoms with Crippen LogP contribution in [0.25, 0.3) is 0 Å². The van der Waals surface area contributed by atoms with E-state index < -0.39 is 0 Å². The molecule has 0 saturated carbocycles. The summed E-state index contributed by atoms with van der Waals surface area (Å²) >= 11 is 0. The number of rotatable bonds is 22. The second-order valence-corrected chi connectivity index (χ2v) is 9.05. The molecule has 0 aliphatic rings. The molecule has 0 aromatic carbocycles. The van der Waals surface area contributed by atoms with Crippen molar-refractivity contribution in [3.63, 3.8) is 0 Å². The monoisotopic (exact) mass is 440 g/mol. The molecule has 0 radical (unpaired) electrons. The second-order valence-electron chi connectivity index (χ2n) is 9.05. The van der Waals surface area contributed by atoms with E-state index in [1.54, 1.807) is 0 Å². The van der Waals surface area contributed by atoms with Crippen molar-refractivity contribution in [2.75, 3.05) is 6.61 Å². The van der Waals surface area contributed by atoms with Crippen LogP contribution in [0.15, 0.2) is 0 Å². The Morgan fingerprint density at radius 3 is 1.68 bits per heavy atom. The number of carbonyl (C=O) groups excluding carboxylic acids is 2. The molecule has 0 N–H and O–H groups in total. The maximum atomic E-state index is 11.8. The zero-order valence-electron chi connectivity index (χ0n) is 21.2. The van der Waals surface area contributed by atoms with E-state index in [0.29, 0.717) is 25.4 Å². The fourth-order valence-electron chi connectivity index (χ4n) is 3.84. The molecule has 4 nitrogen and oxygen atoms in total. The first-order chi connectivity index (χ1) is 15.1. The molecular weight excluding hydrogens is 388 g/mol. The topological polar surface area (TPSA) is 52.6 Å². The van der Waals surface area contributed by atoms with Crippen LogP contribution in [0.2, 0.25) is 0 Å². The number of esters is 2. The Balaban J connectivity index is 3.65. The van der Waals surface area contributed by atoms with Crippen LogP contribution in [0.1, 0.15) is 143 Å². The first kappa shape index (κ1) is 29.9. The van der Waals surface area contributed by atoms with E-state index in [2.05, 4.69) is 20.8 Å². The van der Waals surface area contributed by atoms with Crippen LogP contribution < -0.4 is 0 Å². The average Bonchev–Trinajstić information content (AvgIpc) is 2.78. The summed E-state index contributed by atoms with van der Waals surface area (Å²) < 4.78 is 11.0. The maximum Gasteiger partial charge on any atom is 0.305 e. The van der Waals surface area contributed by atoms with Gasteiger partial charge in [-0.3, -0.25) is 9.59 Å². The van der Waals surface area contributed by atoms with Crippen LogP contribution in [-0.4, -0.2) is 24.6 Å². The second kappa shape index (κ2) is 22.1. The van der Waals surface area contributed by atoms with Gasteiger partial charge in [0.2, 0.25) is 0 Å². The molecule has 0 aromatic heterocycles. The molecule has 0 aromatic rings. The van der Waals surface area contributed by atoms with E-state index in [1.807, 2.05) is 6.92 Å². The summed E-state index contributed by atoms with van der Waals surface area (Å²) in [5, 5.41) is 0. The first-order valence-electron chi connectivity index (χ1n) is 13.4. The largest absolute Gasteiger partial charge is 0.465 e. The SMILES string of the molecule is CCCCCC[C@H](CCCCCCCCCCC(=O)OCC(CC)CC)OC(=O)CC. The fourth-order valence-corrected chi connectivity index (χ4v) is 3.84. The third kappa shape index (κ3) is 19.4. The van der Waals surface area contributed by atoms with Gasteiger partial charge in [0.05, 0.1) is 6.61 Å². The normalized spacial score (nSPS) is 12.2. The fraction of sp³-hybridized carbons (Fsp3) is 0.926. The van der Waals surface area contributed by atoms with Gasteiger partial charge < -0.3 is 9.47 Å². The molecule has 0 aliphatic carbocycles. The predicted molar refractivity (Wildman–Crippen MR) is 130 cm³/mol. The maximum absolute atomic E-state index is 11.8. The molecule has 0 saturated heterocycles. The van der Waals surface area contributed by atoms with Crippen LogP contribution in [0.4, 0.5) is 0 Å². The molecule has 0 rings (SSSR count). The molecule has 0 fully saturated rings. The Morgan fingerprint density at radius 1 is 0.645 bits per heavy atom. The van der Waals surface area contributed by atoms with Crippen LogP contribution >= 0.6 is 0 Å². The summed E-state index contributed by atoms with van der Waals surface area (Å²) in [6, 6.07) is 0. The standard InChI is InChI=1S/C27H52O4/c1-5-9-10-17-20-25(31-26(28)8-4)21-18-15-13-11-12-14-16-19-22-27(29)30-23-24(6-2)7-3/h24-25H,5-23H2,1-4H3/t25-/m1/s1. The van der Waals surface area contributed by atoms with Gasteiger partial charge in [0, 0.05) is 12.8 Å². The summed E-state index contributed by atoms with van der Waals surface area (Å²) in [7, 11) is 0. The minimum absolute atomic E-state index is 0.0279. The van der Waals surface area contributed by atoms with Gasteiger partial charge in [-0.15, -0.1) is 0 Å². The van der Waals surface area contributed by atoms with E-state index >= 15 is 0 Å². The highest BCUT2D eigenvalue weighted by Gasteiger charge is 2.13. The Bertz CT molecular complexity index is 417. The van der Waals surface area contributed by atoms with Gasteiger partial charge in [0.15, 0.2) is 0 Å². The Labute approximate surface area is 193 Å². The number of ether oxygens (including phenoxy) is 2. The lowest BCUT2D eigenvalue weighted by molar-refractivity contribution is -0.149. The molecule has 184 valence electrons. The van der Waals surface area contributed by atoms with Crippen LogP contribution in [0.3, 0.4) is 0 Å². The summed E-state index contributed by atoms with van der Waals surface area (Å²) in [4.78, 5) is 23.4. The molecule has 31 heavy (non-hydrogen) atoms. The third-order valence-corrected chi connectivity index (χ3v) is 6.26. The molecule has 1 atom stereocenters. The van der Waals surface area contributed by atoms with Crippen molar-refractivity contribution < 1.29 is 19.1 Å². The van der Waals surface area contributed by atoms with Crippen molar-refractivity contribution in [3.05, 3.63) is 0 Å². The van der Waals surface area contributed by atoms with Crippen LogP contribution in [-0.2, 0) is 19.1 Å². The zero-order valence-corrected chi connectivity index (χ0v) is 21.2. The molecule has 0 bridgehead atoms. The van der Waals surface area contributed by atoms with Gasteiger partial charge in [-0.05, 0) is 38.0 Å². The van der Waals surface area contributed by atoms with Gasteiger partial charge in [-0.25, -0.2) is 0 Å². The average molecular weight is 441 g/mol. The van der Waals surface area contributed by atoms with E-state index in [1.165, 1.54) is 57.8 Å².